The normalized spacial score (nSPS) is 21.9. The summed E-state index contributed by atoms with van der Waals surface area (Å²) in [6.07, 6.45) is 7.55. The summed E-state index contributed by atoms with van der Waals surface area (Å²) in [7, 11) is 1.60. The fraction of sp³-hybridized carbons (Fsp3) is 0.286. The maximum Gasteiger partial charge on any atom is 0.117 e. The van der Waals surface area contributed by atoms with E-state index in [0.717, 1.165) is 47.6 Å². The van der Waals surface area contributed by atoms with Crippen LogP contribution in [0.1, 0.15) is 41.1 Å². The van der Waals surface area contributed by atoms with Crippen molar-refractivity contribution in [2.24, 2.45) is 11.1 Å². The third kappa shape index (κ3) is 2.72. The molecule has 0 saturated heterocycles. The van der Waals surface area contributed by atoms with Crippen LogP contribution in [0, 0.1) is 5.92 Å². The number of allylic oxidation sites excluding steroid dienone is 1. The van der Waals surface area contributed by atoms with Gasteiger partial charge in [-0.15, -0.1) is 11.3 Å². The van der Waals surface area contributed by atoms with Gasteiger partial charge in [-0.05, 0) is 18.4 Å². The summed E-state index contributed by atoms with van der Waals surface area (Å²) in [5, 5.41) is 14.3. The Balaban J connectivity index is 1.61. The molecular formula is C21H20N4OS. The minimum atomic E-state index is -0.282. The van der Waals surface area contributed by atoms with Gasteiger partial charge in [-0.3, -0.25) is 5.10 Å². The molecule has 0 amide bonds. The molecule has 0 aliphatic heterocycles. The van der Waals surface area contributed by atoms with Crippen LogP contribution in [0.4, 0.5) is 0 Å². The van der Waals surface area contributed by atoms with Gasteiger partial charge in [0.1, 0.15) is 18.5 Å². The van der Waals surface area contributed by atoms with Gasteiger partial charge in [-0.2, -0.15) is 5.10 Å². The van der Waals surface area contributed by atoms with Gasteiger partial charge in [0.2, 0.25) is 0 Å². The highest BCUT2D eigenvalue weighted by Crippen LogP contribution is 2.42. The third-order valence-corrected chi connectivity index (χ3v) is 6.03. The molecule has 0 bridgehead atoms. The first kappa shape index (κ1) is 16.4. The topological polar surface area (TPSA) is 63.2 Å². The summed E-state index contributed by atoms with van der Waals surface area (Å²) in [5.41, 5.74) is 8.06. The first-order valence-corrected chi connectivity index (χ1v) is 10.1. The van der Waals surface area contributed by atoms with Crippen LogP contribution in [-0.4, -0.2) is 28.0 Å². The van der Waals surface area contributed by atoms with Crippen LogP contribution in [-0.2, 0) is 16.7 Å². The van der Waals surface area contributed by atoms with Gasteiger partial charge in [0.25, 0.3) is 0 Å². The van der Waals surface area contributed by atoms with E-state index in [0.29, 0.717) is 5.92 Å². The Kier molecular flexibility index (Phi) is 3.93. The van der Waals surface area contributed by atoms with Crippen molar-refractivity contribution in [1.29, 1.82) is 0 Å². The van der Waals surface area contributed by atoms with Crippen molar-refractivity contribution in [2.45, 2.75) is 24.7 Å². The molecule has 5 rings (SSSR count). The second-order valence-corrected chi connectivity index (χ2v) is 7.84. The molecule has 5 nitrogen and oxygen atoms in total. The average molecular weight is 376 g/mol. The fourth-order valence-electron chi connectivity index (χ4n) is 3.92. The van der Waals surface area contributed by atoms with Crippen molar-refractivity contribution in [3.63, 3.8) is 0 Å². The van der Waals surface area contributed by atoms with Crippen LogP contribution in [0.15, 0.2) is 52.5 Å². The number of fused-ring (bicyclic) bond motifs is 1. The minimum Gasteiger partial charge on any atom is -0.399 e. The van der Waals surface area contributed by atoms with E-state index < -0.39 is 0 Å². The third-order valence-electron chi connectivity index (χ3n) is 5.45. The quantitative estimate of drug-likeness (QED) is 0.537. The van der Waals surface area contributed by atoms with E-state index in [2.05, 4.69) is 62.1 Å². The Morgan fingerprint density at radius 3 is 2.85 bits per heavy atom. The van der Waals surface area contributed by atoms with Crippen LogP contribution in [0.25, 0.3) is 6.08 Å². The lowest BCUT2D eigenvalue weighted by atomic mass is 9.71. The largest absolute Gasteiger partial charge is 0.399 e. The summed E-state index contributed by atoms with van der Waals surface area (Å²) in [6, 6.07) is 10.6. The number of aromatic amines is 1. The smallest absolute Gasteiger partial charge is 0.117 e. The molecule has 1 N–H and O–H groups in total. The van der Waals surface area contributed by atoms with E-state index in [9.17, 15) is 0 Å². The Morgan fingerprint density at radius 2 is 2.15 bits per heavy atom. The molecular weight excluding hydrogens is 356 g/mol. The van der Waals surface area contributed by atoms with Crippen LogP contribution < -0.4 is 0 Å². The molecule has 2 aliphatic rings. The number of H-pyrrole nitrogens is 1. The highest BCUT2D eigenvalue weighted by molar-refractivity contribution is 7.07. The molecule has 1 fully saturated rings. The van der Waals surface area contributed by atoms with Gasteiger partial charge in [0, 0.05) is 29.0 Å². The van der Waals surface area contributed by atoms with Gasteiger partial charge >= 0.3 is 0 Å². The molecule has 1 unspecified atom stereocenters. The van der Waals surface area contributed by atoms with Gasteiger partial charge in [-0.25, -0.2) is 4.98 Å². The Labute approximate surface area is 161 Å². The second-order valence-electron chi connectivity index (χ2n) is 7.12. The van der Waals surface area contributed by atoms with Gasteiger partial charge in [-0.1, -0.05) is 47.6 Å². The fourth-order valence-corrected chi connectivity index (χ4v) is 4.55. The number of nitrogens with one attached hydrogen (secondary N) is 1. The zero-order valence-corrected chi connectivity index (χ0v) is 15.9. The summed E-state index contributed by atoms with van der Waals surface area (Å²) in [5.74, 6) is 0.463. The number of aromatic nitrogens is 3. The van der Waals surface area contributed by atoms with E-state index in [4.69, 9.17) is 4.84 Å². The van der Waals surface area contributed by atoms with E-state index >= 15 is 0 Å². The molecule has 2 aliphatic carbocycles. The summed E-state index contributed by atoms with van der Waals surface area (Å²) in [6.45, 7) is 0. The number of nitrogens with zero attached hydrogens (tertiary/aromatic N) is 3. The van der Waals surface area contributed by atoms with Crippen LogP contribution in [0.2, 0.25) is 0 Å². The molecule has 3 aromatic rings. The van der Waals surface area contributed by atoms with Crippen molar-refractivity contribution in [1.82, 2.24) is 15.2 Å². The van der Waals surface area contributed by atoms with E-state index in [1.807, 2.05) is 11.6 Å². The van der Waals surface area contributed by atoms with Crippen LogP contribution >= 0.6 is 11.3 Å². The van der Waals surface area contributed by atoms with E-state index in [1.165, 1.54) is 5.56 Å². The van der Waals surface area contributed by atoms with Crippen molar-refractivity contribution in [2.75, 3.05) is 7.11 Å². The molecule has 0 radical (unpaired) electrons. The first-order chi connectivity index (χ1) is 13.3. The Morgan fingerprint density at radius 1 is 1.30 bits per heavy atom. The van der Waals surface area contributed by atoms with Crippen molar-refractivity contribution in [3.05, 3.63) is 75.5 Å². The number of rotatable bonds is 5. The highest BCUT2D eigenvalue weighted by atomic mass is 32.1. The molecule has 27 heavy (non-hydrogen) atoms. The van der Waals surface area contributed by atoms with Crippen LogP contribution in [0.3, 0.4) is 0 Å². The molecule has 2 aromatic heterocycles. The summed E-state index contributed by atoms with van der Waals surface area (Å²) in [4.78, 5) is 9.75. The first-order valence-electron chi connectivity index (χ1n) is 9.14. The van der Waals surface area contributed by atoms with E-state index in [-0.39, 0.29) is 5.41 Å². The van der Waals surface area contributed by atoms with E-state index in [1.54, 1.807) is 18.4 Å². The SMILES string of the molecule is CON=C(c1n[nH]c2c1C=CC(c1ccccc1)(c1cscn1)C2)C1CC1. The summed E-state index contributed by atoms with van der Waals surface area (Å²) < 4.78 is 0. The Bertz CT molecular complexity index is 1000. The monoisotopic (exact) mass is 376 g/mol. The molecule has 6 heteroatoms. The molecule has 136 valence electrons. The molecule has 2 heterocycles. The number of benzene rings is 1. The maximum absolute atomic E-state index is 5.09. The molecule has 1 aromatic carbocycles. The Hall–Kier alpha value is -2.73. The molecule has 1 atom stereocenters. The number of thiazole rings is 1. The predicted molar refractivity (Wildman–Crippen MR) is 107 cm³/mol. The van der Waals surface area contributed by atoms with Gasteiger partial charge in [0.05, 0.1) is 16.6 Å². The average Bonchev–Trinajstić information content (AvgIpc) is 3.24. The number of oxime groups is 1. The highest BCUT2D eigenvalue weighted by Gasteiger charge is 2.40. The van der Waals surface area contributed by atoms with Crippen molar-refractivity contribution < 1.29 is 4.84 Å². The second kappa shape index (κ2) is 6.46. The predicted octanol–water partition coefficient (Wildman–Crippen LogP) is 4.18. The van der Waals surface area contributed by atoms with Gasteiger partial charge in [0.15, 0.2) is 0 Å². The van der Waals surface area contributed by atoms with Crippen molar-refractivity contribution in [3.8, 4) is 0 Å². The minimum absolute atomic E-state index is 0.282. The zero-order chi connectivity index (χ0) is 18.3. The van der Waals surface area contributed by atoms with Crippen LogP contribution in [0.5, 0.6) is 0 Å². The lowest BCUT2D eigenvalue weighted by molar-refractivity contribution is 0.212. The maximum atomic E-state index is 5.09. The zero-order valence-electron chi connectivity index (χ0n) is 15.1. The summed E-state index contributed by atoms with van der Waals surface area (Å²) >= 11 is 1.63. The van der Waals surface area contributed by atoms with Crippen molar-refractivity contribution >= 4 is 23.1 Å². The molecule has 0 spiro atoms. The number of hydrogen-bond acceptors (Lipinski definition) is 5. The lowest BCUT2D eigenvalue weighted by Gasteiger charge is -2.32. The molecule has 1 saturated carbocycles. The standard InChI is InChI=1S/C21H20N4OS/c1-26-25-19(14-7-8-14)20-16-9-10-21(11-17(16)23-24-20,18-12-27-13-22-18)15-5-3-2-4-6-15/h2-6,9-10,12-14H,7-8,11H2,1H3,(H,23,24). The van der Waals surface area contributed by atoms with Gasteiger partial charge < -0.3 is 4.84 Å². The number of hydrogen-bond donors (Lipinski definition) is 1. The lowest BCUT2D eigenvalue weighted by Crippen LogP contribution is -2.31.